The highest BCUT2D eigenvalue weighted by atomic mass is 19.1. The van der Waals surface area contributed by atoms with E-state index in [0.29, 0.717) is 49.9 Å². The number of halogens is 1. The number of anilines is 3. The lowest BCUT2D eigenvalue weighted by molar-refractivity contribution is 0.147. The molecular formula is C19H19FN6O3. The molecule has 1 atom stereocenters. The Morgan fingerprint density at radius 2 is 2.24 bits per heavy atom. The molecular weight excluding hydrogens is 379 g/mol. The van der Waals surface area contributed by atoms with Crippen LogP contribution < -0.4 is 15.1 Å². The van der Waals surface area contributed by atoms with Crippen molar-refractivity contribution < 1.29 is 18.4 Å². The number of amides is 1. The van der Waals surface area contributed by atoms with Gasteiger partial charge in [-0.2, -0.15) is 5.10 Å². The Balaban J connectivity index is 1.40. The van der Waals surface area contributed by atoms with Crippen LogP contribution in [0.2, 0.25) is 0 Å². The maximum absolute atomic E-state index is 14.7. The average Bonchev–Trinajstić information content (AvgIpc) is 3.37. The summed E-state index contributed by atoms with van der Waals surface area (Å²) in [5, 5.41) is 12.7. The highest BCUT2D eigenvalue weighted by Gasteiger charge is 2.33. The molecule has 1 N–H and O–H groups in total. The van der Waals surface area contributed by atoms with Gasteiger partial charge in [0.15, 0.2) is 5.82 Å². The maximum Gasteiger partial charge on any atom is 0.414 e. The third-order valence-electron chi connectivity index (χ3n) is 4.60. The van der Waals surface area contributed by atoms with Gasteiger partial charge in [0.2, 0.25) is 0 Å². The van der Waals surface area contributed by atoms with Crippen LogP contribution in [0.1, 0.15) is 0 Å². The van der Waals surface area contributed by atoms with Crippen LogP contribution in [0.25, 0.3) is 0 Å². The fourth-order valence-electron chi connectivity index (χ4n) is 3.14. The number of cyclic esters (lactones) is 1. The lowest BCUT2D eigenvalue weighted by atomic mass is 10.2. The summed E-state index contributed by atoms with van der Waals surface area (Å²) < 4.78 is 24.8. The predicted molar refractivity (Wildman–Crippen MR) is 105 cm³/mol. The minimum atomic E-state index is -0.520. The Labute approximate surface area is 166 Å². The van der Waals surface area contributed by atoms with E-state index in [1.807, 2.05) is 0 Å². The summed E-state index contributed by atoms with van der Waals surface area (Å²) in [6, 6.07) is 6.31. The van der Waals surface area contributed by atoms with Crippen LogP contribution in [-0.4, -0.2) is 61.4 Å². The maximum atomic E-state index is 14.7. The van der Waals surface area contributed by atoms with Gasteiger partial charge in [-0.1, -0.05) is 11.1 Å². The molecule has 10 heteroatoms. The van der Waals surface area contributed by atoms with Crippen LogP contribution >= 0.6 is 0 Å². The van der Waals surface area contributed by atoms with Gasteiger partial charge in [0.25, 0.3) is 0 Å². The SMILES string of the molecule is C#CCN1CCN(c2ccc(N3C[C@H](CNc4ccon4)OC3=O)cc2F)C=N1. The smallest absolute Gasteiger partial charge is 0.414 e. The first-order valence-corrected chi connectivity index (χ1v) is 9.05. The molecule has 29 heavy (non-hydrogen) atoms. The van der Waals surface area contributed by atoms with Gasteiger partial charge in [-0.05, 0) is 18.2 Å². The van der Waals surface area contributed by atoms with Crippen molar-refractivity contribution in [3.05, 3.63) is 36.3 Å². The van der Waals surface area contributed by atoms with Gasteiger partial charge in [-0.3, -0.25) is 9.91 Å². The van der Waals surface area contributed by atoms with Crippen LogP contribution in [-0.2, 0) is 4.74 Å². The molecule has 0 unspecified atom stereocenters. The number of hydrazone groups is 1. The summed E-state index contributed by atoms with van der Waals surface area (Å²) in [5.41, 5.74) is 0.817. The van der Waals surface area contributed by atoms with Crippen LogP contribution in [0.15, 0.2) is 40.2 Å². The molecule has 0 spiro atoms. The van der Waals surface area contributed by atoms with E-state index in [-0.39, 0.29) is 0 Å². The van der Waals surface area contributed by atoms with Gasteiger partial charge in [0.05, 0.1) is 37.6 Å². The number of hydrogen-bond donors (Lipinski definition) is 1. The van der Waals surface area contributed by atoms with E-state index in [1.54, 1.807) is 34.4 Å². The first-order chi connectivity index (χ1) is 14.1. The van der Waals surface area contributed by atoms with Crippen molar-refractivity contribution in [1.29, 1.82) is 0 Å². The number of rotatable bonds is 6. The summed E-state index contributed by atoms with van der Waals surface area (Å²) in [7, 11) is 0. The van der Waals surface area contributed by atoms with Crippen LogP contribution in [0, 0.1) is 18.2 Å². The van der Waals surface area contributed by atoms with Crippen molar-refractivity contribution >= 4 is 29.6 Å². The number of aromatic nitrogens is 1. The summed E-state index contributed by atoms with van der Waals surface area (Å²) in [4.78, 5) is 15.3. The topological polar surface area (TPSA) is 86.4 Å². The molecule has 0 radical (unpaired) electrons. The van der Waals surface area contributed by atoms with Crippen molar-refractivity contribution in [3.8, 4) is 12.3 Å². The van der Waals surface area contributed by atoms with Crippen LogP contribution in [0.4, 0.5) is 26.4 Å². The molecule has 9 nitrogen and oxygen atoms in total. The van der Waals surface area contributed by atoms with Crippen molar-refractivity contribution in [3.63, 3.8) is 0 Å². The molecule has 1 aromatic carbocycles. The van der Waals surface area contributed by atoms with Crippen molar-refractivity contribution in [2.45, 2.75) is 6.10 Å². The first-order valence-electron chi connectivity index (χ1n) is 9.05. The van der Waals surface area contributed by atoms with Gasteiger partial charge in [-0.15, -0.1) is 6.42 Å². The standard InChI is InChI=1S/C19H19FN6O3/c1-2-6-25-8-7-24(13-22-25)17-4-3-14(10-16(17)20)26-12-15(29-19(26)27)11-21-18-5-9-28-23-18/h1,3-5,9-10,13,15H,6-8,11-12H2,(H,21,23)/t15-/m0/s1. The highest BCUT2D eigenvalue weighted by Crippen LogP contribution is 2.28. The Bertz CT molecular complexity index is 942. The Hall–Kier alpha value is -3.74. The van der Waals surface area contributed by atoms with E-state index in [9.17, 15) is 9.18 Å². The summed E-state index contributed by atoms with van der Waals surface area (Å²) in [6.07, 6.45) is 7.36. The Kier molecular flexibility index (Phi) is 5.20. The first kappa shape index (κ1) is 18.6. The summed E-state index contributed by atoms with van der Waals surface area (Å²) in [5.74, 6) is 2.63. The van der Waals surface area contributed by atoms with Crippen molar-refractivity contribution in [2.24, 2.45) is 5.10 Å². The largest absolute Gasteiger partial charge is 0.442 e. The number of ether oxygens (including phenoxy) is 1. The number of nitrogens with one attached hydrogen (secondary N) is 1. The molecule has 1 fully saturated rings. The predicted octanol–water partition coefficient (Wildman–Crippen LogP) is 1.95. The van der Waals surface area contributed by atoms with Gasteiger partial charge < -0.3 is 19.5 Å². The molecule has 2 aromatic rings. The zero-order valence-corrected chi connectivity index (χ0v) is 15.5. The Morgan fingerprint density at radius 1 is 1.34 bits per heavy atom. The van der Waals surface area contributed by atoms with E-state index < -0.39 is 18.0 Å². The minimum absolute atomic E-state index is 0.300. The Morgan fingerprint density at radius 3 is 2.93 bits per heavy atom. The quantitative estimate of drug-likeness (QED) is 0.745. The molecule has 3 heterocycles. The van der Waals surface area contributed by atoms with E-state index in [2.05, 4.69) is 21.5 Å². The number of carbonyl (C=O) groups excluding carboxylic acids is 1. The molecule has 0 saturated carbocycles. The lowest BCUT2D eigenvalue weighted by Crippen LogP contribution is -2.38. The van der Waals surface area contributed by atoms with Gasteiger partial charge in [0, 0.05) is 12.6 Å². The average molecular weight is 398 g/mol. The third kappa shape index (κ3) is 4.08. The van der Waals surface area contributed by atoms with Gasteiger partial charge in [0.1, 0.15) is 24.5 Å². The van der Waals surface area contributed by atoms with E-state index in [0.717, 1.165) is 0 Å². The molecule has 2 aliphatic heterocycles. The fraction of sp³-hybridized carbons (Fsp3) is 0.316. The second-order valence-electron chi connectivity index (χ2n) is 6.53. The molecule has 4 rings (SSSR count). The zero-order chi connectivity index (χ0) is 20.2. The van der Waals surface area contributed by atoms with E-state index >= 15 is 0 Å². The monoisotopic (exact) mass is 398 g/mol. The third-order valence-corrected chi connectivity index (χ3v) is 4.60. The molecule has 2 aliphatic rings. The normalized spacial score (nSPS) is 18.7. The second kappa shape index (κ2) is 8.10. The van der Waals surface area contributed by atoms with Crippen molar-refractivity contribution in [2.75, 3.05) is 47.8 Å². The molecule has 1 saturated heterocycles. The zero-order valence-electron chi connectivity index (χ0n) is 15.5. The molecule has 0 bridgehead atoms. The van der Waals surface area contributed by atoms with Gasteiger partial charge >= 0.3 is 6.09 Å². The number of terminal acetylenes is 1. The number of carbonyl (C=O) groups is 1. The number of nitrogens with zero attached hydrogens (tertiary/aromatic N) is 5. The molecule has 1 aromatic heterocycles. The number of hydrogen-bond acceptors (Lipinski definition) is 8. The summed E-state index contributed by atoms with van der Waals surface area (Å²) >= 11 is 0. The molecule has 150 valence electrons. The van der Waals surface area contributed by atoms with E-state index in [4.69, 9.17) is 15.7 Å². The van der Waals surface area contributed by atoms with Crippen molar-refractivity contribution in [1.82, 2.24) is 10.2 Å². The molecule has 1 amide bonds. The lowest BCUT2D eigenvalue weighted by Gasteiger charge is -2.29. The second-order valence-corrected chi connectivity index (χ2v) is 6.53. The van der Waals surface area contributed by atoms with Gasteiger partial charge in [-0.25, -0.2) is 9.18 Å². The summed E-state index contributed by atoms with van der Waals surface area (Å²) in [6.45, 7) is 2.24. The fourth-order valence-corrected chi connectivity index (χ4v) is 3.14. The minimum Gasteiger partial charge on any atom is -0.442 e. The molecule has 0 aliphatic carbocycles. The number of benzene rings is 1. The van der Waals surface area contributed by atoms with E-state index in [1.165, 1.54) is 17.2 Å². The van der Waals surface area contributed by atoms with Crippen LogP contribution in [0.3, 0.4) is 0 Å². The van der Waals surface area contributed by atoms with Crippen LogP contribution in [0.5, 0.6) is 0 Å². The highest BCUT2D eigenvalue weighted by molar-refractivity contribution is 5.90.